The van der Waals surface area contributed by atoms with E-state index in [0.29, 0.717) is 22.2 Å². The van der Waals surface area contributed by atoms with Crippen molar-refractivity contribution < 1.29 is 9.18 Å². The largest absolute Gasteiger partial charge is 0.319 e. The predicted octanol–water partition coefficient (Wildman–Crippen LogP) is 4.06. The topological polar surface area (TPSA) is 83.6 Å². The van der Waals surface area contributed by atoms with Crippen molar-refractivity contribution in [3.05, 3.63) is 70.5 Å². The summed E-state index contributed by atoms with van der Waals surface area (Å²) < 4.78 is 15.0. The maximum Gasteiger partial charge on any atom is 0.295 e. The molecule has 1 saturated carbocycles. The Morgan fingerprint density at radius 3 is 2.78 bits per heavy atom. The van der Waals surface area contributed by atoms with Gasteiger partial charge < -0.3 is 5.32 Å². The summed E-state index contributed by atoms with van der Waals surface area (Å²) in [6.07, 6.45) is 1.96. The van der Waals surface area contributed by atoms with Crippen LogP contribution in [0.3, 0.4) is 0 Å². The third kappa shape index (κ3) is 3.39. The van der Waals surface area contributed by atoms with Crippen LogP contribution in [0.5, 0.6) is 0 Å². The number of para-hydroxylation sites is 1. The summed E-state index contributed by atoms with van der Waals surface area (Å²) in [5, 5.41) is 16.3. The number of nitrogens with one attached hydrogen (secondary N) is 1. The number of nitrogens with zero attached hydrogens (tertiary/aromatic N) is 4. The first kappa shape index (κ1) is 17.2. The van der Waals surface area contributed by atoms with Gasteiger partial charge in [0.15, 0.2) is 0 Å². The van der Waals surface area contributed by atoms with E-state index in [4.69, 9.17) is 16.9 Å². The van der Waals surface area contributed by atoms with Crippen molar-refractivity contribution in [3.8, 4) is 11.8 Å². The van der Waals surface area contributed by atoms with Crippen LogP contribution >= 0.6 is 11.6 Å². The van der Waals surface area contributed by atoms with E-state index in [1.165, 1.54) is 12.1 Å². The fraction of sp³-hybridized carbons (Fsp3) is 0.158. The summed E-state index contributed by atoms with van der Waals surface area (Å²) >= 11 is 6.27. The number of hydrogen-bond donors (Lipinski definition) is 1. The van der Waals surface area contributed by atoms with Gasteiger partial charge in [0.2, 0.25) is 5.82 Å². The lowest BCUT2D eigenvalue weighted by molar-refractivity contribution is 0.101. The molecule has 1 aliphatic rings. The molecular weight excluding hydrogens is 369 g/mol. The molecule has 1 heterocycles. The smallest absolute Gasteiger partial charge is 0.295 e. The first-order valence-corrected chi connectivity index (χ1v) is 8.67. The number of hydrogen-bond acceptors (Lipinski definition) is 4. The van der Waals surface area contributed by atoms with Crippen LogP contribution in [0.25, 0.3) is 5.69 Å². The van der Waals surface area contributed by atoms with Crippen LogP contribution in [0.2, 0.25) is 5.02 Å². The van der Waals surface area contributed by atoms with Gasteiger partial charge in [0, 0.05) is 11.6 Å². The molecule has 0 saturated heterocycles. The van der Waals surface area contributed by atoms with Crippen molar-refractivity contribution in [2.45, 2.75) is 18.8 Å². The van der Waals surface area contributed by atoms with Crippen molar-refractivity contribution in [3.63, 3.8) is 0 Å². The summed E-state index contributed by atoms with van der Waals surface area (Å²) in [5.41, 5.74) is 0.794. The summed E-state index contributed by atoms with van der Waals surface area (Å²) in [6, 6.07) is 12.7. The standard InChI is InChI=1S/C19H13ClFN5O/c20-14-3-1-2-4-16(14)26-18(11-5-6-11)24-17(25-26)19(27)23-13-7-8-15(21)12(9-13)10-22/h1-4,7-9,11H,5-6H2,(H,23,27). The zero-order valence-corrected chi connectivity index (χ0v) is 14.7. The van der Waals surface area contributed by atoms with E-state index in [1.807, 2.05) is 18.2 Å². The molecule has 1 aromatic heterocycles. The molecule has 0 spiro atoms. The normalized spacial score (nSPS) is 13.2. The molecule has 0 radical (unpaired) electrons. The summed E-state index contributed by atoms with van der Waals surface area (Å²) in [5.74, 6) is -0.276. The Hall–Kier alpha value is -3.24. The Bertz CT molecular complexity index is 1080. The van der Waals surface area contributed by atoms with Gasteiger partial charge in [0.25, 0.3) is 5.91 Å². The summed E-state index contributed by atoms with van der Waals surface area (Å²) in [7, 11) is 0. The molecule has 4 rings (SSSR count). The van der Waals surface area contributed by atoms with E-state index < -0.39 is 11.7 Å². The second-order valence-electron chi connectivity index (χ2n) is 6.19. The van der Waals surface area contributed by atoms with Gasteiger partial charge in [-0.2, -0.15) is 5.26 Å². The third-order valence-corrected chi connectivity index (χ3v) is 4.52. The van der Waals surface area contributed by atoms with Crippen LogP contribution in [0, 0.1) is 17.1 Å². The number of anilines is 1. The maximum absolute atomic E-state index is 13.4. The highest BCUT2D eigenvalue weighted by atomic mass is 35.5. The third-order valence-electron chi connectivity index (χ3n) is 4.20. The van der Waals surface area contributed by atoms with Crippen LogP contribution in [0.4, 0.5) is 10.1 Å². The number of nitriles is 1. The lowest BCUT2D eigenvalue weighted by Crippen LogP contribution is -2.14. The van der Waals surface area contributed by atoms with Crippen LogP contribution in [-0.4, -0.2) is 20.7 Å². The minimum atomic E-state index is -0.646. The van der Waals surface area contributed by atoms with Crippen LogP contribution in [0.15, 0.2) is 42.5 Å². The van der Waals surface area contributed by atoms with E-state index in [-0.39, 0.29) is 17.3 Å². The van der Waals surface area contributed by atoms with E-state index in [2.05, 4.69) is 15.4 Å². The number of amides is 1. The van der Waals surface area contributed by atoms with Crippen molar-refractivity contribution in [2.75, 3.05) is 5.32 Å². The Morgan fingerprint density at radius 1 is 1.30 bits per heavy atom. The molecule has 1 N–H and O–H groups in total. The average Bonchev–Trinajstić information content (AvgIpc) is 3.42. The zero-order chi connectivity index (χ0) is 19.0. The van der Waals surface area contributed by atoms with Gasteiger partial charge in [-0.3, -0.25) is 4.79 Å². The number of aromatic nitrogens is 3. The summed E-state index contributed by atoms with van der Waals surface area (Å²) in [4.78, 5) is 17.0. The molecule has 1 amide bonds. The van der Waals surface area contributed by atoms with Crippen LogP contribution < -0.4 is 5.32 Å². The molecular formula is C19H13ClFN5O. The lowest BCUT2D eigenvalue weighted by atomic mass is 10.2. The van der Waals surface area contributed by atoms with E-state index in [1.54, 1.807) is 16.8 Å². The maximum atomic E-state index is 13.4. The van der Waals surface area contributed by atoms with Gasteiger partial charge in [0.05, 0.1) is 16.3 Å². The molecule has 6 nitrogen and oxygen atoms in total. The zero-order valence-electron chi connectivity index (χ0n) is 14.0. The number of halogens is 2. The molecule has 2 aromatic carbocycles. The first-order valence-electron chi connectivity index (χ1n) is 8.29. The Kier molecular flexibility index (Phi) is 4.34. The predicted molar refractivity (Wildman–Crippen MR) is 97.4 cm³/mol. The van der Waals surface area contributed by atoms with Crippen molar-refractivity contribution in [2.24, 2.45) is 0 Å². The Balaban J connectivity index is 1.66. The molecule has 0 atom stereocenters. The minimum absolute atomic E-state index is 0.0142. The second-order valence-corrected chi connectivity index (χ2v) is 6.60. The SMILES string of the molecule is N#Cc1cc(NC(=O)c2nc(C3CC3)n(-c3ccccc3Cl)n2)ccc1F. The van der Waals surface area contributed by atoms with Crippen molar-refractivity contribution >= 4 is 23.2 Å². The van der Waals surface area contributed by atoms with Gasteiger partial charge in [0.1, 0.15) is 17.7 Å². The van der Waals surface area contributed by atoms with E-state index in [9.17, 15) is 9.18 Å². The highest BCUT2D eigenvalue weighted by Crippen LogP contribution is 2.40. The monoisotopic (exact) mass is 381 g/mol. The fourth-order valence-electron chi connectivity index (χ4n) is 2.70. The van der Waals surface area contributed by atoms with Gasteiger partial charge in [-0.1, -0.05) is 23.7 Å². The van der Waals surface area contributed by atoms with Crippen molar-refractivity contribution in [1.29, 1.82) is 5.26 Å². The molecule has 1 fully saturated rings. The van der Waals surface area contributed by atoms with Gasteiger partial charge >= 0.3 is 0 Å². The molecule has 27 heavy (non-hydrogen) atoms. The second kappa shape index (κ2) is 6.82. The van der Waals surface area contributed by atoms with Gasteiger partial charge in [-0.05, 0) is 43.2 Å². The lowest BCUT2D eigenvalue weighted by Gasteiger charge is -2.06. The molecule has 3 aromatic rings. The van der Waals surface area contributed by atoms with E-state index >= 15 is 0 Å². The van der Waals surface area contributed by atoms with E-state index in [0.717, 1.165) is 18.9 Å². The van der Waals surface area contributed by atoms with Gasteiger partial charge in [-0.25, -0.2) is 14.1 Å². The average molecular weight is 382 g/mol. The quantitative estimate of drug-likeness (QED) is 0.738. The molecule has 0 unspecified atom stereocenters. The Labute approximate surface area is 159 Å². The number of rotatable bonds is 4. The minimum Gasteiger partial charge on any atom is -0.319 e. The molecule has 134 valence electrons. The number of carbonyl (C=O) groups excluding carboxylic acids is 1. The molecule has 0 bridgehead atoms. The highest BCUT2D eigenvalue weighted by molar-refractivity contribution is 6.32. The number of carbonyl (C=O) groups is 1. The highest BCUT2D eigenvalue weighted by Gasteiger charge is 2.32. The first-order chi connectivity index (χ1) is 13.1. The van der Waals surface area contributed by atoms with Gasteiger partial charge in [-0.15, -0.1) is 5.10 Å². The molecule has 1 aliphatic carbocycles. The molecule has 8 heteroatoms. The summed E-state index contributed by atoms with van der Waals surface area (Å²) in [6.45, 7) is 0. The van der Waals surface area contributed by atoms with Crippen LogP contribution in [0.1, 0.15) is 40.8 Å². The number of benzene rings is 2. The molecule has 0 aliphatic heterocycles. The van der Waals surface area contributed by atoms with Crippen molar-refractivity contribution in [1.82, 2.24) is 14.8 Å². The van der Waals surface area contributed by atoms with Crippen LogP contribution in [-0.2, 0) is 0 Å². The Morgan fingerprint density at radius 2 is 2.07 bits per heavy atom. The fourth-order valence-corrected chi connectivity index (χ4v) is 2.92.